The quantitative estimate of drug-likeness (QED) is 0.182. The van der Waals surface area contributed by atoms with Gasteiger partial charge in [0.1, 0.15) is 16.6 Å². The molecule has 2 aromatic rings. The van der Waals surface area contributed by atoms with Crippen molar-refractivity contribution in [2.75, 3.05) is 27.2 Å². The molecule has 1 aromatic heterocycles. The average molecular weight is 758 g/mol. The number of ketones is 2. The molecular weight excluding hydrogens is 709 g/mol. The number of aromatic nitrogens is 1. The lowest BCUT2D eigenvalue weighted by molar-refractivity contribution is -0.161. The van der Waals surface area contributed by atoms with Gasteiger partial charge in [-0.1, -0.05) is 50.3 Å². The minimum Gasteiger partial charge on any atom is -0.292 e. The lowest BCUT2D eigenvalue weighted by Crippen LogP contribution is -2.65. The molecule has 2 aliphatic heterocycles. The largest absolute Gasteiger partial charge is 0.333 e. The van der Waals surface area contributed by atoms with Gasteiger partial charge in [0, 0.05) is 37.6 Å². The van der Waals surface area contributed by atoms with Crippen LogP contribution in [0.2, 0.25) is 0 Å². The molecule has 55 heavy (non-hydrogen) atoms. The summed E-state index contributed by atoms with van der Waals surface area (Å²) in [5.41, 5.74) is -2.45. The zero-order valence-electron chi connectivity index (χ0n) is 32.1. The third-order valence-corrected chi connectivity index (χ3v) is 10.6. The standard InChI is InChI=1S/C20H21FN2O4.C19H21N3O4.C2H6/c1-20(14-8-4-3-5-9-14)17(25)22(2)19(27)23(18(20)26)12-16(24)13-7-6-10-15(21)11-13;1-19(14-8-4-3-5-9-14)16(24)21(2)18(26)22(17(19)25)12-15(23)13-7-6-10-20-11-13;1-2/h4,6-8,10-11,14H,3,5,9,12H2,1-2H3;4,6-8,10-11,14H,3,5,9,12H2,1-2H3;1-2H3. The summed E-state index contributed by atoms with van der Waals surface area (Å²) in [6.45, 7) is 6.15. The van der Waals surface area contributed by atoms with Crippen LogP contribution < -0.4 is 0 Å². The van der Waals surface area contributed by atoms with Gasteiger partial charge in [-0.05, 0) is 88.5 Å². The Labute approximate surface area is 320 Å². The zero-order chi connectivity index (χ0) is 40.7. The van der Waals surface area contributed by atoms with Crippen LogP contribution in [0.4, 0.5) is 14.0 Å². The van der Waals surface area contributed by atoms with Crippen molar-refractivity contribution in [3.05, 3.63) is 90.0 Å². The molecule has 14 heteroatoms. The summed E-state index contributed by atoms with van der Waals surface area (Å²) >= 11 is 0. The highest BCUT2D eigenvalue weighted by atomic mass is 19.1. The van der Waals surface area contributed by atoms with Crippen LogP contribution in [0.1, 0.15) is 86.9 Å². The normalized spacial score (nSPS) is 25.3. The molecule has 8 amide bonds. The van der Waals surface area contributed by atoms with Gasteiger partial charge in [0.15, 0.2) is 11.6 Å². The van der Waals surface area contributed by atoms with Gasteiger partial charge in [0.25, 0.3) is 0 Å². The monoisotopic (exact) mass is 757 g/mol. The number of hydrogen-bond acceptors (Lipinski definition) is 9. The molecule has 0 N–H and O–H groups in total. The third kappa shape index (κ3) is 8.23. The van der Waals surface area contributed by atoms with Crippen LogP contribution in [0, 0.1) is 28.5 Å². The number of amides is 8. The molecule has 4 atom stereocenters. The molecule has 2 saturated heterocycles. The molecule has 2 fully saturated rings. The number of carbonyl (C=O) groups is 8. The Morgan fingerprint density at radius 1 is 0.709 bits per heavy atom. The number of allylic oxidation sites excluding steroid dienone is 4. The highest BCUT2D eigenvalue weighted by molar-refractivity contribution is 6.21. The Bertz CT molecular complexity index is 1910. The fraction of sp³-hybridized carbons (Fsp3) is 0.439. The third-order valence-electron chi connectivity index (χ3n) is 10.6. The van der Waals surface area contributed by atoms with Crippen molar-refractivity contribution in [2.24, 2.45) is 22.7 Å². The Hall–Kier alpha value is -5.66. The minimum absolute atomic E-state index is 0.0643. The maximum absolute atomic E-state index is 13.4. The first-order valence-electron chi connectivity index (χ1n) is 18.5. The van der Waals surface area contributed by atoms with E-state index in [1.54, 1.807) is 19.1 Å². The van der Waals surface area contributed by atoms with Crippen LogP contribution in [-0.2, 0) is 19.2 Å². The number of urea groups is 2. The highest BCUT2D eigenvalue weighted by Crippen LogP contribution is 2.42. The molecule has 0 saturated carbocycles. The smallest absolute Gasteiger partial charge is 0.292 e. The number of barbiturate groups is 2. The van der Waals surface area contributed by atoms with Crippen molar-refractivity contribution in [3.63, 3.8) is 0 Å². The summed E-state index contributed by atoms with van der Waals surface area (Å²) in [5, 5.41) is 0. The van der Waals surface area contributed by atoms with Gasteiger partial charge in [0.05, 0.1) is 13.1 Å². The van der Waals surface area contributed by atoms with Gasteiger partial charge in [-0.15, -0.1) is 0 Å². The van der Waals surface area contributed by atoms with Crippen LogP contribution >= 0.6 is 0 Å². The molecule has 0 bridgehead atoms. The second kappa shape index (κ2) is 17.7. The van der Waals surface area contributed by atoms with E-state index in [-0.39, 0.29) is 17.4 Å². The molecule has 6 rings (SSSR count). The van der Waals surface area contributed by atoms with E-state index in [1.165, 1.54) is 51.6 Å². The number of Topliss-reactive ketones (excluding diaryl/α,β-unsaturated/α-hetero) is 2. The Morgan fingerprint density at radius 2 is 1.16 bits per heavy atom. The predicted molar refractivity (Wildman–Crippen MR) is 200 cm³/mol. The fourth-order valence-electron chi connectivity index (χ4n) is 7.31. The van der Waals surface area contributed by atoms with Crippen LogP contribution in [0.5, 0.6) is 0 Å². The SMILES string of the molecule is CC.CN1C(=O)N(CC(=O)c2cccc(F)c2)C(=O)C(C)(C2C=CCCC2)C1=O.CN1C(=O)N(CC(=O)c2cccnc2)C(=O)C(C)(C2C=CCCC2)C1=O. The van der Waals surface area contributed by atoms with E-state index < -0.39 is 77.0 Å². The van der Waals surface area contributed by atoms with Crippen molar-refractivity contribution in [1.82, 2.24) is 24.6 Å². The van der Waals surface area contributed by atoms with Gasteiger partial charge >= 0.3 is 12.1 Å². The van der Waals surface area contributed by atoms with Gasteiger partial charge < -0.3 is 0 Å². The molecule has 0 spiro atoms. The lowest BCUT2D eigenvalue weighted by Gasteiger charge is -2.44. The number of carbonyl (C=O) groups excluding carboxylic acids is 8. The first kappa shape index (κ1) is 42.1. The maximum atomic E-state index is 13.4. The van der Waals surface area contributed by atoms with Crippen molar-refractivity contribution >= 4 is 47.3 Å². The van der Waals surface area contributed by atoms with Crippen molar-refractivity contribution in [2.45, 2.75) is 66.2 Å². The summed E-state index contributed by atoms with van der Waals surface area (Å²) in [6, 6.07) is 6.64. The Balaban J connectivity index is 0.000000234. The first-order chi connectivity index (χ1) is 26.1. The van der Waals surface area contributed by atoms with E-state index in [0.717, 1.165) is 51.3 Å². The number of halogens is 1. The predicted octanol–water partition coefficient (Wildman–Crippen LogP) is 5.87. The highest BCUT2D eigenvalue weighted by Gasteiger charge is 2.58. The molecule has 0 radical (unpaired) electrons. The number of nitrogens with zero attached hydrogens (tertiary/aromatic N) is 5. The molecule has 4 aliphatic rings. The topological polar surface area (TPSA) is 162 Å². The maximum Gasteiger partial charge on any atom is 0.333 e. The van der Waals surface area contributed by atoms with Crippen LogP contribution in [-0.4, -0.2) is 99.0 Å². The summed E-state index contributed by atoms with van der Waals surface area (Å²) in [4.78, 5) is 109. The molecular formula is C41H48FN5O8. The van der Waals surface area contributed by atoms with Gasteiger partial charge in [0.2, 0.25) is 23.6 Å². The number of rotatable bonds is 8. The van der Waals surface area contributed by atoms with Crippen LogP contribution in [0.15, 0.2) is 73.1 Å². The van der Waals surface area contributed by atoms with Crippen molar-refractivity contribution in [1.29, 1.82) is 0 Å². The molecule has 3 heterocycles. The van der Waals surface area contributed by atoms with Crippen LogP contribution in [0.25, 0.3) is 0 Å². The fourth-order valence-corrected chi connectivity index (χ4v) is 7.31. The summed E-state index contributed by atoms with van der Waals surface area (Å²) in [5.74, 6) is -4.56. The summed E-state index contributed by atoms with van der Waals surface area (Å²) in [6.07, 6.45) is 15.4. The number of imide groups is 4. The van der Waals surface area contributed by atoms with Crippen LogP contribution in [0.3, 0.4) is 0 Å². The average Bonchev–Trinajstić information content (AvgIpc) is 3.22. The molecule has 13 nitrogen and oxygen atoms in total. The van der Waals surface area contributed by atoms with E-state index in [1.807, 2.05) is 38.2 Å². The zero-order valence-corrected chi connectivity index (χ0v) is 32.1. The molecule has 4 unspecified atom stereocenters. The molecule has 292 valence electrons. The summed E-state index contributed by atoms with van der Waals surface area (Å²) in [7, 11) is 2.66. The second-order valence-corrected chi connectivity index (χ2v) is 14.0. The van der Waals surface area contributed by atoms with Crippen molar-refractivity contribution in [3.8, 4) is 0 Å². The number of hydrogen-bond donors (Lipinski definition) is 0. The van der Waals surface area contributed by atoms with E-state index >= 15 is 0 Å². The van der Waals surface area contributed by atoms with Gasteiger partial charge in [-0.3, -0.25) is 53.4 Å². The van der Waals surface area contributed by atoms with Gasteiger partial charge in [-0.25, -0.2) is 14.0 Å². The van der Waals surface area contributed by atoms with Crippen molar-refractivity contribution < 1.29 is 42.7 Å². The number of benzene rings is 1. The lowest BCUT2D eigenvalue weighted by atomic mass is 9.69. The Kier molecular flexibility index (Phi) is 13.5. The number of pyridine rings is 1. The van der Waals surface area contributed by atoms with E-state index in [2.05, 4.69) is 4.98 Å². The van der Waals surface area contributed by atoms with Gasteiger partial charge in [-0.2, -0.15) is 0 Å². The van der Waals surface area contributed by atoms with E-state index in [0.29, 0.717) is 18.4 Å². The molecule has 2 aliphatic carbocycles. The first-order valence-corrected chi connectivity index (χ1v) is 18.5. The summed E-state index contributed by atoms with van der Waals surface area (Å²) < 4.78 is 13.4. The van der Waals surface area contributed by atoms with E-state index in [4.69, 9.17) is 0 Å². The minimum atomic E-state index is -1.44. The molecule has 1 aromatic carbocycles. The second-order valence-electron chi connectivity index (χ2n) is 14.0. The van der Waals surface area contributed by atoms with E-state index in [9.17, 15) is 42.7 Å². The Morgan fingerprint density at radius 3 is 1.56 bits per heavy atom.